The van der Waals surface area contributed by atoms with Crippen LogP contribution in [-0.2, 0) is 0 Å². The molecule has 1 amide bonds. The van der Waals surface area contributed by atoms with Gasteiger partial charge in [-0.05, 0) is 31.2 Å². The molecule has 0 radical (unpaired) electrons. The molecule has 1 aromatic heterocycles. The Morgan fingerprint density at radius 1 is 1.12 bits per heavy atom. The lowest BCUT2D eigenvalue weighted by Gasteiger charge is -2.12. The molecule has 9 nitrogen and oxygen atoms in total. The predicted molar refractivity (Wildman–Crippen MR) is 120 cm³/mol. The van der Waals surface area contributed by atoms with Gasteiger partial charge < -0.3 is 19.8 Å². The lowest BCUT2D eigenvalue weighted by Crippen LogP contribution is -2.14. The third-order valence-corrected chi connectivity index (χ3v) is 4.81. The number of anilines is 1. The first kappa shape index (κ1) is 20.9. The summed E-state index contributed by atoms with van der Waals surface area (Å²) in [6.45, 7) is 2.05. The van der Waals surface area contributed by atoms with E-state index in [1.54, 1.807) is 25.1 Å². The number of para-hydroxylation sites is 2. The maximum atomic E-state index is 12.9. The molecule has 0 atom stereocenters. The summed E-state index contributed by atoms with van der Waals surface area (Å²) >= 11 is 0. The lowest BCUT2D eigenvalue weighted by atomic mass is 10.1. The van der Waals surface area contributed by atoms with E-state index in [-0.39, 0.29) is 22.7 Å². The van der Waals surface area contributed by atoms with Gasteiger partial charge in [0.05, 0.1) is 35.7 Å². The number of carbonyl (C=O) groups excluding carboxylic acids is 1. The van der Waals surface area contributed by atoms with E-state index in [1.165, 1.54) is 19.2 Å². The van der Waals surface area contributed by atoms with Crippen LogP contribution in [0.5, 0.6) is 11.5 Å². The first-order chi connectivity index (χ1) is 15.5. The van der Waals surface area contributed by atoms with Crippen LogP contribution in [0.4, 0.5) is 11.4 Å². The summed E-state index contributed by atoms with van der Waals surface area (Å²) in [7, 11) is 1.40. The van der Waals surface area contributed by atoms with Crippen LogP contribution in [0.2, 0.25) is 0 Å². The molecule has 0 saturated carbocycles. The molecule has 0 aliphatic rings. The molecule has 1 heterocycles. The summed E-state index contributed by atoms with van der Waals surface area (Å²) in [6.07, 6.45) is 0. The van der Waals surface area contributed by atoms with Crippen molar-refractivity contribution < 1.29 is 19.2 Å². The molecular formula is C23H20N4O5. The number of benzene rings is 3. The third kappa shape index (κ3) is 4.08. The van der Waals surface area contributed by atoms with E-state index in [4.69, 9.17) is 9.47 Å². The normalized spacial score (nSPS) is 10.7. The molecule has 0 aliphatic heterocycles. The minimum atomic E-state index is -0.639. The number of H-pyrrole nitrogens is 1. The standard InChI is InChI=1S/C23H20N4O5/c1-3-32-21-13-19(27(29)30)16(12-20(21)31-2)23(28)24-15-8-6-7-14(11-15)22-25-17-9-4-5-10-18(17)26-22/h4-13H,3H2,1-2H3,(H,24,28)(H,25,26). The molecule has 0 saturated heterocycles. The molecular weight excluding hydrogens is 412 g/mol. The maximum Gasteiger partial charge on any atom is 0.286 e. The van der Waals surface area contributed by atoms with Crippen molar-refractivity contribution in [3.8, 4) is 22.9 Å². The molecule has 4 aromatic rings. The number of fused-ring (bicyclic) bond motifs is 1. The van der Waals surface area contributed by atoms with Gasteiger partial charge in [0.15, 0.2) is 11.5 Å². The summed E-state index contributed by atoms with van der Waals surface area (Å²) < 4.78 is 10.6. The highest BCUT2D eigenvalue weighted by molar-refractivity contribution is 6.07. The van der Waals surface area contributed by atoms with E-state index in [0.29, 0.717) is 18.1 Å². The molecule has 0 fully saturated rings. The van der Waals surface area contributed by atoms with Gasteiger partial charge in [0.1, 0.15) is 11.4 Å². The summed E-state index contributed by atoms with van der Waals surface area (Å²) in [5.41, 5.74) is 2.45. The second kappa shape index (κ2) is 8.76. The van der Waals surface area contributed by atoms with Gasteiger partial charge in [-0.3, -0.25) is 14.9 Å². The smallest absolute Gasteiger partial charge is 0.286 e. The monoisotopic (exact) mass is 432 g/mol. The van der Waals surface area contributed by atoms with Crippen LogP contribution >= 0.6 is 0 Å². The van der Waals surface area contributed by atoms with Crippen LogP contribution in [-0.4, -0.2) is 34.5 Å². The molecule has 0 spiro atoms. The zero-order chi connectivity index (χ0) is 22.7. The topological polar surface area (TPSA) is 119 Å². The summed E-state index contributed by atoms with van der Waals surface area (Å²) in [4.78, 5) is 31.7. The zero-order valence-electron chi connectivity index (χ0n) is 17.4. The van der Waals surface area contributed by atoms with Crippen molar-refractivity contribution in [2.24, 2.45) is 0 Å². The fourth-order valence-corrected chi connectivity index (χ4v) is 3.34. The third-order valence-electron chi connectivity index (χ3n) is 4.81. The van der Waals surface area contributed by atoms with Gasteiger partial charge in [-0.25, -0.2) is 4.98 Å². The zero-order valence-corrected chi connectivity index (χ0v) is 17.4. The van der Waals surface area contributed by atoms with Crippen molar-refractivity contribution in [1.82, 2.24) is 9.97 Å². The van der Waals surface area contributed by atoms with E-state index in [2.05, 4.69) is 15.3 Å². The Hall–Kier alpha value is -4.40. The van der Waals surface area contributed by atoms with Gasteiger partial charge in [0.25, 0.3) is 11.6 Å². The average Bonchev–Trinajstić information content (AvgIpc) is 3.23. The summed E-state index contributed by atoms with van der Waals surface area (Å²) in [5.74, 6) is 0.444. The van der Waals surface area contributed by atoms with Gasteiger partial charge in [-0.2, -0.15) is 0 Å². The highest BCUT2D eigenvalue weighted by Gasteiger charge is 2.25. The molecule has 4 rings (SSSR count). The SMILES string of the molecule is CCOc1cc([N+](=O)[O-])c(C(=O)Nc2cccc(-c3nc4ccccc4[nH]3)c2)cc1OC. The number of amides is 1. The number of rotatable bonds is 7. The average molecular weight is 432 g/mol. The van der Waals surface area contributed by atoms with Crippen LogP contribution in [0.1, 0.15) is 17.3 Å². The predicted octanol–water partition coefficient (Wildman–Crippen LogP) is 4.80. The van der Waals surface area contributed by atoms with Crippen molar-refractivity contribution >= 4 is 28.3 Å². The number of nitrogens with zero attached hydrogens (tertiary/aromatic N) is 2. The van der Waals surface area contributed by atoms with Gasteiger partial charge in [0.2, 0.25) is 0 Å². The Bertz CT molecular complexity index is 1280. The van der Waals surface area contributed by atoms with Crippen molar-refractivity contribution in [2.45, 2.75) is 6.92 Å². The van der Waals surface area contributed by atoms with Crippen molar-refractivity contribution in [1.29, 1.82) is 0 Å². The number of ether oxygens (including phenoxy) is 2. The highest BCUT2D eigenvalue weighted by Crippen LogP contribution is 2.35. The minimum absolute atomic E-state index is 0.135. The van der Waals surface area contributed by atoms with E-state index in [0.717, 1.165) is 16.6 Å². The molecule has 162 valence electrons. The van der Waals surface area contributed by atoms with Gasteiger partial charge in [-0.15, -0.1) is 0 Å². The van der Waals surface area contributed by atoms with Crippen LogP contribution in [0.25, 0.3) is 22.4 Å². The number of nitro groups is 1. The van der Waals surface area contributed by atoms with Crippen molar-refractivity contribution in [2.75, 3.05) is 19.0 Å². The van der Waals surface area contributed by atoms with E-state index in [9.17, 15) is 14.9 Å². The highest BCUT2D eigenvalue weighted by atomic mass is 16.6. The Morgan fingerprint density at radius 2 is 1.94 bits per heavy atom. The molecule has 32 heavy (non-hydrogen) atoms. The number of hydrogen-bond donors (Lipinski definition) is 2. The Kier molecular flexibility index (Phi) is 5.71. The number of imidazole rings is 1. The number of aromatic amines is 1. The van der Waals surface area contributed by atoms with E-state index in [1.807, 2.05) is 30.3 Å². The number of methoxy groups -OCH3 is 1. The Morgan fingerprint density at radius 3 is 2.66 bits per heavy atom. The number of carbonyl (C=O) groups is 1. The molecule has 3 aromatic carbocycles. The van der Waals surface area contributed by atoms with Crippen LogP contribution < -0.4 is 14.8 Å². The molecule has 0 bridgehead atoms. The second-order valence-electron chi connectivity index (χ2n) is 6.85. The quantitative estimate of drug-likeness (QED) is 0.320. The van der Waals surface area contributed by atoms with Gasteiger partial charge >= 0.3 is 0 Å². The van der Waals surface area contributed by atoms with Crippen LogP contribution in [0, 0.1) is 10.1 Å². The van der Waals surface area contributed by atoms with Crippen molar-refractivity contribution in [3.05, 3.63) is 76.3 Å². The van der Waals surface area contributed by atoms with Crippen LogP contribution in [0.15, 0.2) is 60.7 Å². The molecule has 9 heteroatoms. The fourth-order valence-electron chi connectivity index (χ4n) is 3.34. The Labute approximate surface area is 183 Å². The largest absolute Gasteiger partial charge is 0.493 e. The first-order valence-corrected chi connectivity index (χ1v) is 9.86. The number of nitrogens with one attached hydrogen (secondary N) is 2. The van der Waals surface area contributed by atoms with E-state index >= 15 is 0 Å². The number of aromatic nitrogens is 2. The lowest BCUT2D eigenvalue weighted by molar-refractivity contribution is -0.385. The summed E-state index contributed by atoms with van der Waals surface area (Å²) in [6, 6.07) is 17.2. The number of hydrogen-bond acceptors (Lipinski definition) is 6. The Balaban J connectivity index is 1.65. The van der Waals surface area contributed by atoms with Gasteiger partial charge in [0, 0.05) is 17.3 Å². The first-order valence-electron chi connectivity index (χ1n) is 9.86. The van der Waals surface area contributed by atoms with Gasteiger partial charge in [-0.1, -0.05) is 24.3 Å². The molecule has 2 N–H and O–H groups in total. The maximum absolute atomic E-state index is 12.9. The minimum Gasteiger partial charge on any atom is -0.493 e. The van der Waals surface area contributed by atoms with Crippen molar-refractivity contribution in [3.63, 3.8) is 0 Å². The van der Waals surface area contributed by atoms with Crippen LogP contribution in [0.3, 0.4) is 0 Å². The fraction of sp³-hybridized carbons (Fsp3) is 0.130. The number of nitro benzene ring substituents is 1. The molecule has 0 unspecified atom stereocenters. The summed E-state index contributed by atoms with van der Waals surface area (Å²) in [5, 5.41) is 14.3. The molecule has 0 aliphatic carbocycles. The second-order valence-corrected chi connectivity index (χ2v) is 6.85. The van der Waals surface area contributed by atoms with E-state index < -0.39 is 10.8 Å².